The number of rotatable bonds is 4. The van der Waals surface area contributed by atoms with Gasteiger partial charge in [-0.15, -0.1) is 11.3 Å². The zero-order valence-electron chi connectivity index (χ0n) is 9.08. The minimum absolute atomic E-state index is 0.296. The molecule has 0 atom stereocenters. The minimum atomic E-state index is -3.38. The second-order valence-electron chi connectivity index (χ2n) is 4.29. The summed E-state index contributed by atoms with van der Waals surface area (Å²) in [6.07, 6.45) is 3.98. The molecule has 1 aromatic rings. The van der Waals surface area contributed by atoms with Gasteiger partial charge in [0, 0.05) is 10.9 Å². The maximum atomic E-state index is 12.2. The van der Waals surface area contributed by atoms with E-state index in [-0.39, 0.29) is 5.54 Å². The molecule has 96 valence electrons. The molecule has 2 rings (SSSR count). The molecule has 1 aromatic heterocycles. The summed E-state index contributed by atoms with van der Waals surface area (Å²) in [7, 11) is -3.38. The Morgan fingerprint density at radius 1 is 1.35 bits per heavy atom. The van der Waals surface area contributed by atoms with Gasteiger partial charge in [-0.1, -0.05) is 28.8 Å². The van der Waals surface area contributed by atoms with Gasteiger partial charge in [0.25, 0.3) is 10.0 Å². The van der Waals surface area contributed by atoms with Crippen LogP contribution in [0, 0.1) is 0 Å². The lowest BCUT2D eigenvalue weighted by atomic mass is 10.0. The second kappa shape index (κ2) is 5.28. The second-order valence-corrected chi connectivity index (χ2v) is 9.22. The summed E-state index contributed by atoms with van der Waals surface area (Å²) >= 11 is 7.95. The number of nitrogens with one attached hydrogen (secondary N) is 1. The van der Waals surface area contributed by atoms with E-state index in [1.54, 1.807) is 12.1 Å². The fraction of sp³-hybridized carbons (Fsp3) is 0.600. The molecule has 0 saturated heterocycles. The molecule has 1 aliphatic rings. The molecule has 1 aliphatic carbocycles. The first-order chi connectivity index (χ1) is 7.97. The molecule has 3 nitrogen and oxygen atoms in total. The van der Waals surface area contributed by atoms with Crippen LogP contribution in [0.3, 0.4) is 0 Å². The van der Waals surface area contributed by atoms with E-state index in [2.05, 4.69) is 36.6 Å². The van der Waals surface area contributed by atoms with Crippen molar-refractivity contribution in [3.8, 4) is 0 Å². The van der Waals surface area contributed by atoms with E-state index < -0.39 is 10.0 Å². The average Bonchev–Trinajstić information content (AvgIpc) is 2.87. The van der Waals surface area contributed by atoms with Gasteiger partial charge < -0.3 is 0 Å². The molecule has 0 amide bonds. The summed E-state index contributed by atoms with van der Waals surface area (Å²) in [4.78, 5) is 0. The SMILES string of the molecule is O=S(=O)(NC1(CBr)CCCC1)c1ccc(Br)s1. The van der Waals surface area contributed by atoms with E-state index in [0.29, 0.717) is 9.54 Å². The number of hydrogen-bond donors (Lipinski definition) is 1. The van der Waals surface area contributed by atoms with Gasteiger partial charge in [0.15, 0.2) is 0 Å². The number of halogens is 2. The number of hydrogen-bond acceptors (Lipinski definition) is 3. The highest BCUT2D eigenvalue weighted by Crippen LogP contribution is 2.34. The Morgan fingerprint density at radius 3 is 2.47 bits per heavy atom. The molecule has 0 bridgehead atoms. The number of sulfonamides is 1. The standard InChI is InChI=1S/C10H13Br2NO2S2/c11-7-10(5-1-2-6-10)13-17(14,15)9-4-3-8(12)16-9/h3-4,13H,1-2,5-7H2. The molecule has 1 N–H and O–H groups in total. The third-order valence-electron chi connectivity index (χ3n) is 2.98. The van der Waals surface area contributed by atoms with E-state index >= 15 is 0 Å². The zero-order chi connectivity index (χ0) is 12.5. The van der Waals surface area contributed by atoms with Crippen LogP contribution in [0.15, 0.2) is 20.1 Å². The Kier molecular flexibility index (Phi) is 4.35. The van der Waals surface area contributed by atoms with Crippen LogP contribution in [0.1, 0.15) is 25.7 Å². The van der Waals surface area contributed by atoms with E-state index in [1.807, 2.05) is 0 Å². The van der Waals surface area contributed by atoms with E-state index in [9.17, 15) is 8.42 Å². The van der Waals surface area contributed by atoms with Crippen LogP contribution < -0.4 is 4.72 Å². The highest BCUT2D eigenvalue weighted by Gasteiger charge is 2.37. The van der Waals surface area contributed by atoms with Gasteiger partial charge >= 0.3 is 0 Å². The Morgan fingerprint density at radius 2 is 2.00 bits per heavy atom. The monoisotopic (exact) mass is 401 g/mol. The topological polar surface area (TPSA) is 46.2 Å². The van der Waals surface area contributed by atoms with Crippen LogP contribution in [-0.4, -0.2) is 19.3 Å². The lowest BCUT2D eigenvalue weighted by molar-refractivity contribution is 0.438. The summed E-state index contributed by atoms with van der Waals surface area (Å²) < 4.78 is 28.5. The average molecular weight is 403 g/mol. The normalized spacial score (nSPS) is 19.6. The third kappa shape index (κ3) is 3.12. The maximum Gasteiger partial charge on any atom is 0.250 e. The first-order valence-electron chi connectivity index (χ1n) is 5.33. The Labute approximate surface area is 122 Å². The summed E-state index contributed by atoms with van der Waals surface area (Å²) in [5.41, 5.74) is -0.296. The van der Waals surface area contributed by atoms with E-state index in [1.165, 1.54) is 11.3 Å². The molecule has 1 heterocycles. The van der Waals surface area contributed by atoms with Crippen molar-refractivity contribution < 1.29 is 8.42 Å². The van der Waals surface area contributed by atoms with Crippen LogP contribution in [0.5, 0.6) is 0 Å². The summed E-state index contributed by atoms with van der Waals surface area (Å²) in [5, 5.41) is 0.672. The number of thiophene rings is 1. The Balaban J connectivity index is 2.22. The van der Waals surface area contributed by atoms with Gasteiger partial charge in [0.1, 0.15) is 4.21 Å². The van der Waals surface area contributed by atoms with E-state index in [0.717, 1.165) is 29.5 Å². The highest BCUT2D eigenvalue weighted by atomic mass is 79.9. The van der Waals surface area contributed by atoms with Crippen LogP contribution in [0.25, 0.3) is 0 Å². The van der Waals surface area contributed by atoms with Crippen molar-refractivity contribution in [1.82, 2.24) is 4.72 Å². The molecule has 0 unspecified atom stereocenters. The summed E-state index contributed by atoms with van der Waals surface area (Å²) in [5.74, 6) is 0. The van der Waals surface area contributed by atoms with E-state index in [4.69, 9.17) is 0 Å². The largest absolute Gasteiger partial charge is 0.250 e. The Hall–Kier alpha value is 0.570. The van der Waals surface area contributed by atoms with Gasteiger partial charge in [-0.05, 0) is 40.9 Å². The van der Waals surface area contributed by atoms with Crippen molar-refractivity contribution in [1.29, 1.82) is 0 Å². The molecule has 0 aromatic carbocycles. The fourth-order valence-corrected chi connectivity index (χ4v) is 6.45. The zero-order valence-corrected chi connectivity index (χ0v) is 13.9. The lowest BCUT2D eigenvalue weighted by Gasteiger charge is -2.27. The predicted octanol–water partition coefficient (Wildman–Crippen LogP) is 3.50. The lowest BCUT2D eigenvalue weighted by Crippen LogP contribution is -2.47. The molecular formula is C10H13Br2NO2S2. The number of alkyl halides is 1. The molecule has 17 heavy (non-hydrogen) atoms. The van der Waals surface area contributed by atoms with Crippen molar-refractivity contribution in [2.24, 2.45) is 0 Å². The predicted molar refractivity (Wildman–Crippen MR) is 77.3 cm³/mol. The molecule has 0 radical (unpaired) electrons. The van der Waals surface area contributed by atoms with Gasteiger partial charge in [0.05, 0.1) is 3.79 Å². The van der Waals surface area contributed by atoms with Crippen molar-refractivity contribution in [2.45, 2.75) is 35.4 Å². The molecule has 0 spiro atoms. The highest BCUT2D eigenvalue weighted by molar-refractivity contribution is 9.11. The maximum absolute atomic E-state index is 12.2. The van der Waals surface area contributed by atoms with Gasteiger partial charge in [-0.2, -0.15) is 0 Å². The van der Waals surface area contributed by atoms with Crippen LogP contribution in [0.2, 0.25) is 0 Å². The van der Waals surface area contributed by atoms with Crippen molar-refractivity contribution in [3.63, 3.8) is 0 Å². The molecule has 7 heteroatoms. The molecule has 1 saturated carbocycles. The molecular weight excluding hydrogens is 390 g/mol. The van der Waals surface area contributed by atoms with Gasteiger partial charge in [-0.3, -0.25) is 0 Å². The van der Waals surface area contributed by atoms with Crippen molar-refractivity contribution in [2.75, 3.05) is 5.33 Å². The smallest absolute Gasteiger partial charge is 0.206 e. The van der Waals surface area contributed by atoms with Crippen LogP contribution in [-0.2, 0) is 10.0 Å². The van der Waals surface area contributed by atoms with Crippen LogP contribution >= 0.6 is 43.2 Å². The summed E-state index contributed by atoms with van der Waals surface area (Å²) in [6.45, 7) is 0. The molecule has 1 fully saturated rings. The van der Waals surface area contributed by atoms with Gasteiger partial charge in [-0.25, -0.2) is 13.1 Å². The Bertz CT molecular complexity index is 492. The summed E-state index contributed by atoms with van der Waals surface area (Å²) in [6, 6.07) is 3.39. The minimum Gasteiger partial charge on any atom is -0.206 e. The van der Waals surface area contributed by atoms with Crippen LogP contribution in [0.4, 0.5) is 0 Å². The van der Waals surface area contributed by atoms with Gasteiger partial charge in [0.2, 0.25) is 0 Å². The quantitative estimate of drug-likeness (QED) is 0.783. The van der Waals surface area contributed by atoms with Crippen molar-refractivity contribution in [3.05, 3.63) is 15.9 Å². The first kappa shape index (κ1) is 14.0. The van der Waals surface area contributed by atoms with Crippen molar-refractivity contribution >= 4 is 53.2 Å². The molecule has 0 aliphatic heterocycles. The third-order valence-corrected chi connectivity index (χ3v) is 7.75. The fourth-order valence-electron chi connectivity index (χ4n) is 2.09. The first-order valence-corrected chi connectivity index (χ1v) is 9.54.